The van der Waals surface area contributed by atoms with Crippen LogP contribution in [-0.4, -0.2) is 17.0 Å². The van der Waals surface area contributed by atoms with Crippen molar-refractivity contribution in [3.05, 3.63) is 57.4 Å². The van der Waals surface area contributed by atoms with Crippen molar-refractivity contribution in [3.8, 4) is 11.5 Å². The number of hydrogen-bond donors (Lipinski definition) is 0. The number of nitrogens with zero attached hydrogens (tertiary/aromatic N) is 2. The lowest BCUT2D eigenvalue weighted by Gasteiger charge is -2.07. The molecule has 0 aliphatic rings. The molecule has 2 aromatic rings. The van der Waals surface area contributed by atoms with Gasteiger partial charge in [0.25, 0.3) is 0 Å². The third kappa shape index (κ3) is 3.36. The van der Waals surface area contributed by atoms with Gasteiger partial charge in [0, 0.05) is 11.2 Å². The third-order valence-corrected chi connectivity index (χ3v) is 2.75. The second kappa shape index (κ2) is 6.21. The molecule has 0 aliphatic heterocycles. The maximum absolute atomic E-state index is 10.9. The van der Waals surface area contributed by atoms with Gasteiger partial charge in [-0.3, -0.25) is 15.1 Å². The highest BCUT2D eigenvalue weighted by molar-refractivity contribution is 6.30. The topological polar surface area (TPSA) is 74.5 Å². The Morgan fingerprint density at radius 2 is 2.15 bits per heavy atom. The summed E-state index contributed by atoms with van der Waals surface area (Å²) in [6, 6.07) is 7.71. The molecule has 20 heavy (non-hydrogen) atoms. The molecule has 1 aromatic carbocycles. The molecule has 0 aliphatic carbocycles. The predicted octanol–water partition coefficient (Wildman–Crippen LogP) is 3.23. The van der Waals surface area contributed by atoms with Crippen LogP contribution in [0.15, 0.2) is 36.5 Å². The van der Waals surface area contributed by atoms with E-state index in [2.05, 4.69) is 4.98 Å². The summed E-state index contributed by atoms with van der Waals surface area (Å²) in [6.45, 7) is 0.171. The van der Waals surface area contributed by atoms with Gasteiger partial charge in [-0.25, -0.2) is 0 Å². The zero-order valence-electron chi connectivity index (χ0n) is 10.6. The van der Waals surface area contributed by atoms with E-state index >= 15 is 0 Å². The fourth-order valence-corrected chi connectivity index (χ4v) is 1.77. The molecule has 6 nitrogen and oxygen atoms in total. The Morgan fingerprint density at radius 3 is 2.80 bits per heavy atom. The van der Waals surface area contributed by atoms with Gasteiger partial charge in [0.15, 0.2) is 5.75 Å². The fourth-order valence-electron chi connectivity index (χ4n) is 1.59. The van der Waals surface area contributed by atoms with Crippen LogP contribution in [0.25, 0.3) is 0 Å². The van der Waals surface area contributed by atoms with Crippen molar-refractivity contribution in [1.82, 2.24) is 4.98 Å². The van der Waals surface area contributed by atoms with E-state index in [1.54, 1.807) is 24.4 Å². The Balaban J connectivity index is 2.14. The lowest BCUT2D eigenvalue weighted by Crippen LogP contribution is -1.99. The summed E-state index contributed by atoms with van der Waals surface area (Å²) in [5.41, 5.74) is 0.486. The maximum atomic E-state index is 10.9. The molecule has 0 spiro atoms. The second-order valence-corrected chi connectivity index (χ2v) is 4.28. The maximum Gasteiger partial charge on any atom is 0.314 e. The predicted molar refractivity (Wildman–Crippen MR) is 73.2 cm³/mol. The molecule has 1 heterocycles. The molecule has 2 rings (SSSR count). The first-order valence-corrected chi connectivity index (χ1v) is 6.03. The molecule has 0 atom stereocenters. The van der Waals surface area contributed by atoms with Crippen LogP contribution in [0.4, 0.5) is 5.69 Å². The van der Waals surface area contributed by atoms with Crippen LogP contribution >= 0.6 is 11.6 Å². The minimum absolute atomic E-state index is 0.149. The minimum atomic E-state index is -0.524. The molecule has 0 radical (unpaired) electrons. The SMILES string of the molecule is COc1ccc(OCc2cc(Cl)ccn2)cc1[N+](=O)[O-]. The van der Waals surface area contributed by atoms with Crippen molar-refractivity contribution in [1.29, 1.82) is 0 Å². The van der Waals surface area contributed by atoms with Crippen molar-refractivity contribution >= 4 is 17.3 Å². The highest BCUT2D eigenvalue weighted by Gasteiger charge is 2.15. The Labute approximate surface area is 120 Å². The van der Waals surface area contributed by atoms with Crippen LogP contribution in [-0.2, 0) is 6.61 Å². The largest absolute Gasteiger partial charge is 0.490 e. The number of nitro groups is 1. The average molecular weight is 295 g/mol. The van der Waals surface area contributed by atoms with Crippen LogP contribution in [0.3, 0.4) is 0 Å². The van der Waals surface area contributed by atoms with Gasteiger partial charge in [0.1, 0.15) is 12.4 Å². The van der Waals surface area contributed by atoms with Crippen molar-refractivity contribution in [3.63, 3.8) is 0 Å². The third-order valence-electron chi connectivity index (χ3n) is 2.51. The zero-order valence-corrected chi connectivity index (χ0v) is 11.3. The van der Waals surface area contributed by atoms with Crippen LogP contribution < -0.4 is 9.47 Å². The van der Waals surface area contributed by atoms with Crippen LogP contribution in [0.5, 0.6) is 11.5 Å². The molecule has 0 unspecified atom stereocenters. The first-order valence-electron chi connectivity index (χ1n) is 5.66. The summed E-state index contributed by atoms with van der Waals surface area (Å²) in [5, 5.41) is 11.4. The number of pyridine rings is 1. The number of ether oxygens (including phenoxy) is 2. The summed E-state index contributed by atoms with van der Waals surface area (Å²) >= 11 is 5.83. The van der Waals surface area contributed by atoms with Gasteiger partial charge in [0.2, 0.25) is 0 Å². The zero-order chi connectivity index (χ0) is 14.5. The quantitative estimate of drug-likeness (QED) is 0.625. The van der Waals surface area contributed by atoms with E-state index in [1.165, 1.54) is 19.2 Å². The van der Waals surface area contributed by atoms with E-state index in [0.717, 1.165) is 0 Å². The van der Waals surface area contributed by atoms with Crippen molar-refractivity contribution in [2.45, 2.75) is 6.61 Å². The number of aromatic nitrogens is 1. The van der Waals surface area contributed by atoms with Gasteiger partial charge in [-0.1, -0.05) is 11.6 Å². The lowest BCUT2D eigenvalue weighted by molar-refractivity contribution is -0.385. The van der Waals surface area contributed by atoms with Gasteiger partial charge in [-0.2, -0.15) is 0 Å². The minimum Gasteiger partial charge on any atom is -0.490 e. The Kier molecular flexibility index (Phi) is 4.37. The highest BCUT2D eigenvalue weighted by atomic mass is 35.5. The van der Waals surface area contributed by atoms with Crippen LogP contribution in [0.1, 0.15) is 5.69 Å². The number of methoxy groups -OCH3 is 1. The molecular weight excluding hydrogens is 284 g/mol. The standard InChI is InChI=1S/C13H11ClN2O4/c1-19-13-3-2-11(7-12(13)16(17)18)20-8-10-6-9(14)4-5-15-10/h2-7H,8H2,1H3. The first kappa shape index (κ1) is 14.1. The molecule has 0 saturated heterocycles. The summed E-state index contributed by atoms with van der Waals surface area (Å²) in [5.74, 6) is 0.544. The molecule has 0 N–H and O–H groups in total. The monoisotopic (exact) mass is 294 g/mol. The molecule has 104 valence electrons. The van der Waals surface area contributed by atoms with Gasteiger partial charge in [0.05, 0.1) is 23.8 Å². The average Bonchev–Trinajstić information content (AvgIpc) is 2.45. The van der Waals surface area contributed by atoms with E-state index < -0.39 is 4.92 Å². The number of nitro benzene ring substituents is 1. The Morgan fingerprint density at radius 1 is 1.35 bits per heavy atom. The normalized spacial score (nSPS) is 10.1. The molecule has 7 heteroatoms. The summed E-state index contributed by atoms with van der Waals surface area (Å²) in [4.78, 5) is 14.4. The number of benzene rings is 1. The van der Waals surface area contributed by atoms with E-state index in [-0.39, 0.29) is 18.0 Å². The molecular formula is C13H11ClN2O4. The molecule has 0 amide bonds. The van der Waals surface area contributed by atoms with Crippen molar-refractivity contribution in [2.75, 3.05) is 7.11 Å². The highest BCUT2D eigenvalue weighted by Crippen LogP contribution is 2.31. The lowest BCUT2D eigenvalue weighted by atomic mass is 10.3. The van der Waals surface area contributed by atoms with Crippen LogP contribution in [0.2, 0.25) is 5.02 Å². The van der Waals surface area contributed by atoms with Gasteiger partial charge >= 0.3 is 5.69 Å². The van der Waals surface area contributed by atoms with E-state index in [9.17, 15) is 10.1 Å². The van der Waals surface area contributed by atoms with Crippen LogP contribution in [0, 0.1) is 10.1 Å². The van der Waals surface area contributed by atoms with E-state index in [4.69, 9.17) is 21.1 Å². The molecule has 0 fully saturated rings. The summed E-state index contributed by atoms with van der Waals surface area (Å²) < 4.78 is 10.4. The van der Waals surface area contributed by atoms with Crippen molar-refractivity contribution in [2.24, 2.45) is 0 Å². The Hall–Kier alpha value is -2.34. The summed E-state index contributed by atoms with van der Waals surface area (Å²) in [7, 11) is 1.37. The van der Waals surface area contributed by atoms with Gasteiger partial charge < -0.3 is 9.47 Å². The fraction of sp³-hybridized carbons (Fsp3) is 0.154. The smallest absolute Gasteiger partial charge is 0.314 e. The second-order valence-electron chi connectivity index (χ2n) is 3.84. The van der Waals surface area contributed by atoms with Gasteiger partial charge in [-0.15, -0.1) is 0 Å². The number of halogens is 1. The van der Waals surface area contributed by atoms with Gasteiger partial charge in [-0.05, 0) is 24.3 Å². The van der Waals surface area contributed by atoms with Crippen molar-refractivity contribution < 1.29 is 14.4 Å². The molecule has 1 aromatic heterocycles. The molecule has 0 bridgehead atoms. The number of hydrogen-bond acceptors (Lipinski definition) is 5. The molecule has 0 saturated carbocycles. The Bertz CT molecular complexity index is 634. The van der Waals surface area contributed by atoms with E-state index in [1.807, 2.05) is 0 Å². The van der Waals surface area contributed by atoms with E-state index in [0.29, 0.717) is 16.5 Å². The number of rotatable bonds is 5. The summed E-state index contributed by atoms with van der Waals surface area (Å²) in [6.07, 6.45) is 1.57. The first-order chi connectivity index (χ1) is 9.60.